The molecule has 35 heavy (non-hydrogen) atoms. The van der Waals surface area contributed by atoms with E-state index in [2.05, 4.69) is 10.4 Å². The third-order valence-electron chi connectivity index (χ3n) is 5.17. The molecule has 0 atom stereocenters. The third kappa shape index (κ3) is 6.06. The van der Waals surface area contributed by atoms with E-state index < -0.39 is 4.92 Å². The molecule has 1 aromatic carbocycles. The smallest absolute Gasteiger partial charge is 0.294 e. The predicted octanol–water partition coefficient (Wildman–Crippen LogP) is 5.88. The van der Waals surface area contributed by atoms with Crippen molar-refractivity contribution in [3.8, 4) is 17.1 Å². The maximum absolute atomic E-state index is 11.8. The van der Waals surface area contributed by atoms with E-state index in [-0.39, 0.29) is 18.7 Å². The predicted molar refractivity (Wildman–Crippen MR) is 139 cm³/mol. The van der Waals surface area contributed by atoms with Gasteiger partial charge in [0.25, 0.3) is 5.69 Å². The van der Waals surface area contributed by atoms with Gasteiger partial charge < -0.3 is 14.3 Å². The molecule has 9 nitrogen and oxygen atoms in total. The van der Waals surface area contributed by atoms with Crippen LogP contribution in [-0.4, -0.2) is 19.3 Å². The van der Waals surface area contributed by atoms with Crippen molar-refractivity contribution >= 4 is 11.4 Å². The molecule has 1 N–H and O–H groups in total. The minimum absolute atomic E-state index is 0. The summed E-state index contributed by atoms with van der Waals surface area (Å²) in [4.78, 5) is 22.9. The van der Waals surface area contributed by atoms with Crippen LogP contribution < -0.4 is 10.9 Å². The van der Waals surface area contributed by atoms with Crippen molar-refractivity contribution in [2.75, 3.05) is 5.32 Å². The lowest BCUT2D eigenvalue weighted by molar-refractivity contribution is -0.383. The zero-order chi connectivity index (χ0) is 24.8. The summed E-state index contributed by atoms with van der Waals surface area (Å²) in [5, 5.41) is 19.5. The number of nitrogens with zero attached hydrogens (tertiary/aromatic N) is 4. The van der Waals surface area contributed by atoms with E-state index in [1.807, 2.05) is 45.9 Å². The summed E-state index contributed by atoms with van der Waals surface area (Å²) in [7, 11) is 1.66. The van der Waals surface area contributed by atoms with E-state index in [9.17, 15) is 14.9 Å². The molecule has 0 saturated heterocycles. The summed E-state index contributed by atoms with van der Waals surface area (Å²) < 4.78 is 8.90. The van der Waals surface area contributed by atoms with Crippen LogP contribution in [0.1, 0.15) is 45.2 Å². The first-order valence-electron chi connectivity index (χ1n) is 11.2. The normalized spacial score (nSPS) is 10.2. The SMILES string of the molecule is C.CC.CCc1cc(-c2ccc(C)o2)n(-c2ccc(NCc3ccc(=O)n(C)c3)c([N+](=O)[O-])c2)n1. The highest BCUT2D eigenvalue weighted by Crippen LogP contribution is 2.31. The van der Waals surface area contributed by atoms with E-state index in [0.29, 0.717) is 23.7 Å². The monoisotopic (exact) mass is 479 g/mol. The Morgan fingerprint density at radius 3 is 2.46 bits per heavy atom. The van der Waals surface area contributed by atoms with Crippen LogP contribution in [0.25, 0.3) is 17.1 Å². The standard InChI is InChI=1S/C23H23N5O4.C2H6.CH4/c1-4-17-11-21(22-9-5-15(2)32-22)27(25-17)18-7-8-19(20(12-18)28(30)31)24-13-16-6-10-23(29)26(3)14-16;1-2;/h5-12,14,24H,4,13H2,1-3H3;1-2H3;1H4. The van der Waals surface area contributed by atoms with Crippen molar-refractivity contribution in [2.24, 2.45) is 7.05 Å². The van der Waals surface area contributed by atoms with Crippen LogP contribution in [0.15, 0.2) is 63.9 Å². The number of furan rings is 1. The van der Waals surface area contributed by atoms with Gasteiger partial charge in [-0.3, -0.25) is 14.9 Å². The first-order chi connectivity index (χ1) is 16.4. The van der Waals surface area contributed by atoms with Crippen molar-refractivity contribution < 1.29 is 9.34 Å². The van der Waals surface area contributed by atoms with Crippen molar-refractivity contribution in [3.63, 3.8) is 0 Å². The van der Waals surface area contributed by atoms with Gasteiger partial charge in [0, 0.05) is 31.9 Å². The molecule has 186 valence electrons. The molecule has 3 heterocycles. The molecule has 0 unspecified atom stereocenters. The van der Waals surface area contributed by atoms with E-state index in [0.717, 1.165) is 29.1 Å². The Morgan fingerprint density at radius 1 is 1.11 bits per heavy atom. The zero-order valence-corrected chi connectivity index (χ0v) is 20.0. The van der Waals surface area contributed by atoms with Crippen LogP contribution >= 0.6 is 0 Å². The van der Waals surface area contributed by atoms with Gasteiger partial charge >= 0.3 is 0 Å². The Morgan fingerprint density at radius 2 is 1.86 bits per heavy atom. The lowest BCUT2D eigenvalue weighted by Gasteiger charge is -2.11. The molecular formula is C26H33N5O4. The maximum atomic E-state index is 11.8. The highest BCUT2D eigenvalue weighted by molar-refractivity contribution is 5.67. The van der Waals surface area contributed by atoms with Crippen molar-refractivity contribution in [2.45, 2.75) is 48.1 Å². The van der Waals surface area contributed by atoms with Gasteiger partial charge in [0.2, 0.25) is 5.56 Å². The molecule has 0 saturated carbocycles. The number of benzene rings is 1. The summed E-state index contributed by atoms with van der Waals surface area (Å²) in [6.07, 6.45) is 2.42. The number of anilines is 1. The number of aryl methyl sites for hydroxylation is 3. The molecule has 0 aliphatic heterocycles. The molecular weight excluding hydrogens is 446 g/mol. The second-order valence-electron chi connectivity index (χ2n) is 7.50. The summed E-state index contributed by atoms with van der Waals surface area (Å²) >= 11 is 0. The van der Waals surface area contributed by atoms with Crippen LogP contribution in [0.3, 0.4) is 0 Å². The van der Waals surface area contributed by atoms with E-state index in [1.165, 1.54) is 16.7 Å². The summed E-state index contributed by atoms with van der Waals surface area (Å²) in [5.41, 5.74) is 3.18. The molecule has 4 aromatic rings. The van der Waals surface area contributed by atoms with Crippen LogP contribution in [0, 0.1) is 17.0 Å². The van der Waals surface area contributed by atoms with E-state index in [1.54, 1.807) is 36.1 Å². The summed E-state index contributed by atoms with van der Waals surface area (Å²) in [6.45, 7) is 8.20. The Balaban J connectivity index is 0.00000140. The van der Waals surface area contributed by atoms with Crippen LogP contribution in [-0.2, 0) is 20.0 Å². The van der Waals surface area contributed by atoms with Crippen LogP contribution in [0.4, 0.5) is 11.4 Å². The number of hydrogen-bond donors (Lipinski definition) is 1. The van der Waals surface area contributed by atoms with Gasteiger partial charge in [-0.25, -0.2) is 4.68 Å². The van der Waals surface area contributed by atoms with Crippen LogP contribution in [0.2, 0.25) is 0 Å². The molecule has 0 fully saturated rings. The Hall–Kier alpha value is -4.14. The van der Waals surface area contributed by atoms with Gasteiger partial charge in [-0.15, -0.1) is 0 Å². The summed E-state index contributed by atoms with van der Waals surface area (Å²) in [5.74, 6) is 1.42. The van der Waals surface area contributed by atoms with Crippen molar-refractivity contribution in [1.82, 2.24) is 14.3 Å². The van der Waals surface area contributed by atoms with Gasteiger partial charge in [-0.1, -0.05) is 34.3 Å². The number of aromatic nitrogens is 3. The van der Waals surface area contributed by atoms with E-state index >= 15 is 0 Å². The number of rotatable bonds is 7. The minimum Gasteiger partial charge on any atom is -0.460 e. The van der Waals surface area contributed by atoms with Gasteiger partial charge in [0.15, 0.2) is 5.76 Å². The molecule has 0 aliphatic carbocycles. The minimum atomic E-state index is -0.423. The Bertz CT molecular complexity index is 1350. The quantitative estimate of drug-likeness (QED) is 0.262. The number of nitro benzene ring substituents is 1. The van der Waals surface area contributed by atoms with Crippen LogP contribution in [0.5, 0.6) is 0 Å². The van der Waals surface area contributed by atoms with Crippen molar-refractivity contribution in [1.29, 1.82) is 0 Å². The Kier molecular flexibility index (Phi) is 9.16. The molecule has 9 heteroatoms. The van der Waals surface area contributed by atoms with E-state index in [4.69, 9.17) is 4.42 Å². The highest BCUT2D eigenvalue weighted by Gasteiger charge is 2.19. The number of nitrogens with one attached hydrogen (secondary N) is 1. The average molecular weight is 480 g/mol. The van der Waals surface area contributed by atoms with Gasteiger partial charge in [-0.2, -0.15) is 5.10 Å². The zero-order valence-electron chi connectivity index (χ0n) is 20.0. The fourth-order valence-corrected chi connectivity index (χ4v) is 3.45. The number of nitro groups is 1. The second kappa shape index (κ2) is 11.8. The molecule has 3 aromatic heterocycles. The van der Waals surface area contributed by atoms with Gasteiger partial charge in [0.1, 0.15) is 17.1 Å². The number of hydrogen-bond acceptors (Lipinski definition) is 6. The van der Waals surface area contributed by atoms with Crippen molar-refractivity contribution in [3.05, 3.63) is 92.2 Å². The van der Waals surface area contributed by atoms with Gasteiger partial charge in [-0.05, 0) is 49.2 Å². The fourth-order valence-electron chi connectivity index (χ4n) is 3.45. The largest absolute Gasteiger partial charge is 0.460 e. The summed E-state index contributed by atoms with van der Waals surface area (Å²) in [6, 6.07) is 13.8. The first kappa shape index (κ1) is 27.1. The Labute approximate surface area is 205 Å². The topological polar surface area (TPSA) is 108 Å². The lowest BCUT2D eigenvalue weighted by atomic mass is 10.2. The molecule has 0 amide bonds. The highest BCUT2D eigenvalue weighted by atomic mass is 16.6. The third-order valence-corrected chi connectivity index (χ3v) is 5.17. The fraction of sp³-hybridized carbons (Fsp3) is 0.308. The number of pyridine rings is 1. The second-order valence-corrected chi connectivity index (χ2v) is 7.50. The molecule has 4 rings (SSSR count). The first-order valence-corrected chi connectivity index (χ1v) is 11.2. The molecule has 0 spiro atoms. The average Bonchev–Trinajstić information content (AvgIpc) is 3.47. The maximum Gasteiger partial charge on any atom is 0.294 e. The lowest BCUT2D eigenvalue weighted by Crippen LogP contribution is -2.16. The molecule has 0 radical (unpaired) electrons. The van der Waals surface area contributed by atoms with Gasteiger partial charge in [0.05, 0.1) is 16.3 Å². The molecule has 0 aliphatic rings. The molecule has 0 bridgehead atoms.